The van der Waals surface area contributed by atoms with Gasteiger partial charge in [0.2, 0.25) is 10.0 Å². The van der Waals surface area contributed by atoms with E-state index in [1.807, 2.05) is 0 Å². The first-order chi connectivity index (χ1) is 15.0. The summed E-state index contributed by atoms with van der Waals surface area (Å²) < 4.78 is 64.7. The molecule has 4 rings (SSSR count). The molecule has 11 heteroatoms. The van der Waals surface area contributed by atoms with E-state index in [1.165, 1.54) is 24.4 Å². The van der Waals surface area contributed by atoms with Crippen LogP contribution in [0.1, 0.15) is 16.8 Å². The van der Waals surface area contributed by atoms with Crippen molar-refractivity contribution in [2.45, 2.75) is 11.1 Å². The fourth-order valence-electron chi connectivity index (χ4n) is 2.91. The Labute approximate surface area is 185 Å². The quantitative estimate of drug-likeness (QED) is 0.441. The van der Waals surface area contributed by atoms with Gasteiger partial charge in [0.15, 0.2) is 11.3 Å². The van der Waals surface area contributed by atoms with Crippen LogP contribution in [-0.2, 0) is 16.2 Å². The molecule has 0 aliphatic carbocycles. The Morgan fingerprint density at radius 1 is 1.03 bits per heavy atom. The first kappa shape index (κ1) is 21.8. The minimum Gasteiger partial charge on any atom is -0.227 e. The van der Waals surface area contributed by atoms with Gasteiger partial charge in [0.25, 0.3) is 0 Å². The maximum Gasteiger partial charge on any atom is 0.433 e. The van der Waals surface area contributed by atoms with Crippen LogP contribution < -0.4 is 5.14 Å². The number of nitrogens with zero attached hydrogens (tertiary/aromatic N) is 3. The normalized spacial score (nSPS) is 11.9. The lowest BCUT2D eigenvalue weighted by Crippen LogP contribution is -2.13. The third-order valence-electron chi connectivity index (χ3n) is 4.41. The molecule has 162 valence electrons. The van der Waals surface area contributed by atoms with Crippen molar-refractivity contribution < 1.29 is 21.6 Å². The summed E-state index contributed by atoms with van der Waals surface area (Å²) in [6.45, 7) is 0. The first-order valence-corrected chi connectivity index (χ1v) is 10.8. The van der Waals surface area contributed by atoms with Gasteiger partial charge in [-0.15, -0.1) is 0 Å². The minimum atomic E-state index is -4.69. The zero-order valence-corrected chi connectivity index (χ0v) is 17.5. The third-order valence-corrected chi connectivity index (χ3v) is 5.57. The summed E-state index contributed by atoms with van der Waals surface area (Å²) in [7, 11) is -3.92. The van der Waals surface area contributed by atoms with Crippen LogP contribution in [0.15, 0.2) is 65.7 Å². The highest BCUT2D eigenvalue weighted by atomic mass is 35.5. The highest BCUT2D eigenvalue weighted by Gasteiger charge is 2.35. The van der Waals surface area contributed by atoms with Crippen molar-refractivity contribution in [3.63, 3.8) is 0 Å². The van der Waals surface area contributed by atoms with E-state index in [4.69, 9.17) is 16.7 Å². The van der Waals surface area contributed by atoms with Crippen LogP contribution in [-0.4, -0.2) is 23.0 Å². The van der Waals surface area contributed by atoms with Crippen LogP contribution in [0.4, 0.5) is 13.2 Å². The van der Waals surface area contributed by atoms with E-state index in [1.54, 1.807) is 30.3 Å². The average Bonchev–Trinajstić information content (AvgIpc) is 3.14. The molecule has 4 aromatic rings. The molecule has 32 heavy (non-hydrogen) atoms. The Balaban J connectivity index is 1.87. The van der Waals surface area contributed by atoms with Crippen LogP contribution in [0.2, 0.25) is 5.02 Å². The molecular formula is C21H12ClF3N4O2S. The number of hydrogen-bond donors (Lipinski definition) is 1. The fourth-order valence-corrected chi connectivity index (χ4v) is 3.60. The SMILES string of the molecule is NS(=O)(=O)c1cccc(C#Cc2cnn3c(C(F)(F)F)cc(-c4ccc(Cl)cc4)nc23)c1. The van der Waals surface area contributed by atoms with Gasteiger partial charge in [0.1, 0.15) is 0 Å². The molecule has 2 aromatic heterocycles. The number of sulfonamides is 1. The Hall–Kier alpha value is -3.39. The second kappa shape index (κ2) is 7.94. The summed E-state index contributed by atoms with van der Waals surface area (Å²) in [5.74, 6) is 5.42. The zero-order chi connectivity index (χ0) is 23.1. The average molecular weight is 477 g/mol. The number of halogens is 4. The number of nitrogens with two attached hydrogens (primary N) is 1. The van der Waals surface area contributed by atoms with Crippen LogP contribution in [0, 0.1) is 11.8 Å². The van der Waals surface area contributed by atoms with Crippen molar-refractivity contribution in [3.8, 4) is 23.1 Å². The molecule has 0 saturated carbocycles. The lowest BCUT2D eigenvalue weighted by molar-refractivity contribution is -0.142. The molecule has 2 N–H and O–H groups in total. The van der Waals surface area contributed by atoms with E-state index in [9.17, 15) is 21.6 Å². The summed E-state index contributed by atoms with van der Waals surface area (Å²) in [6.07, 6.45) is -3.53. The molecule has 0 amide bonds. The Bertz CT molecular complexity index is 1500. The maximum absolute atomic E-state index is 13.7. The van der Waals surface area contributed by atoms with E-state index in [0.717, 1.165) is 6.07 Å². The lowest BCUT2D eigenvalue weighted by atomic mass is 10.1. The number of primary sulfonamides is 1. The molecule has 0 spiro atoms. The molecule has 0 saturated heterocycles. The van der Waals surface area contributed by atoms with Crippen molar-refractivity contribution in [1.29, 1.82) is 0 Å². The zero-order valence-electron chi connectivity index (χ0n) is 15.9. The van der Waals surface area contributed by atoms with Crippen LogP contribution >= 0.6 is 11.6 Å². The molecule has 2 heterocycles. The number of rotatable bonds is 2. The first-order valence-electron chi connectivity index (χ1n) is 8.89. The molecule has 0 bridgehead atoms. The summed E-state index contributed by atoms with van der Waals surface area (Å²) >= 11 is 5.87. The van der Waals surface area contributed by atoms with Gasteiger partial charge in [-0.1, -0.05) is 41.6 Å². The van der Waals surface area contributed by atoms with Gasteiger partial charge < -0.3 is 0 Å². The van der Waals surface area contributed by atoms with E-state index in [2.05, 4.69) is 21.9 Å². The smallest absolute Gasteiger partial charge is 0.227 e. The van der Waals surface area contributed by atoms with Crippen molar-refractivity contribution in [2.75, 3.05) is 0 Å². The summed E-state index contributed by atoms with van der Waals surface area (Å²) in [6, 6.07) is 12.7. The van der Waals surface area contributed by atoms with E-state index >= 15 is 0 Å². The molecule has 0 aliphatic rings. The second-order valence-corrected chi connectivity index (χ2v) is 8.65. The molecular weight excluding hydrogens is 465 g/mol. The Morgan fingerprint density at radius 3 is 2.41 bits per heavy atom. The van der Waals surface area contributed by atoms with Gasteiger partial charge >= 0.3 is 6.18 Å². The lowest BCUT2D eigenvalue weighted by Gasteiger charge is -2.11. The molecule has 2 aromatic carbocycles. The van der Waals surface area contributed by atoms with Crippen LogP contribution in [0.3, 0.4) is 0 Å². The number of fused-ring (bicyclic) bond motifs is 1. The van der Waals surface area contributed by atoms with Gasteiger partial charge in [-0.3, -0.25) is 0 Å². The van der Waals surface area contributed by atoms with Crippen molar-refractivity contribution >= 4 is 27.3 Å². The van der Waals surface area contributed by atoms with Gasteiger partial charge in [-0.2, -0.15) is 18.3 Å². The van der Waals surface area contributed by atoms with E-state index in [-0.39, 0.29) is 21.8 Å². The van der Waals surface area contributed by atoms with Crippen molar-refractivity contribution in [3.05, 3.63) is 82.6 Å². The Kier molecular flexibility index (Phi) is 5.42. The standard InChI is InChI=1S/C21H12ClF3N4O2S/c22-16-8-6-14(7-9-16)18-11-19(21(23,24)25)29-20(28-18)15(12-27-29)5-4-13-2-1-3-17(10-13)32(26,30)31/h1-3,6-12H,(H2,26,30,31). The summed E-state index contributed by atoms with van der Waals surface area (Å²) in [4.78, 5) is 4.18. The highest BCUT2D eigenvalue weighted by Crippen LogP contribution is 2.33. The predicted octanol–water partition coefficient (Wildman–Crippen LogP) is 4.12. The highest BCUT2D eigenvalue weighted by molar-refractivity contribution is 7.89. The molecule has 6 nitrogen and oxygen atoms in total. The summed E-state index contributed by atoms with van der Waals surface area (Å²) in [5.41, 5.74) is -0.172. The topological polar surface area (TPSA) is 90.4 Å². The van der Waals surface area contributed by atoms with Crippen LogP contribution in [0.25, 0.3) is 16.9 Å². The number of hydrogen-bond acceptors (Lipinski definition) is 4. The largest absolute Gasteiger partial charge is 0.433 e. The minimum absolute atomic E-state index is 0.0706. The van der Waals surface area contributed by atoms with Gasteiger partial charge in [0, 0.05) is 16.1 Å². The molecule has 0 atom stereocenters. The predicted molar refractivity (Wildman–Crippen MR) is 112 cm³/mol. The van der Waals surface area contributed by atoms with Crippen molar-refractivity contribution in [1.82, 2.24) is 14.6 Å². The second-order valence-electron chi connectivity index (χ2n) is 6.65. The van der Waals surface area contributed by atoms with Crippen LogP contribution in [0.5, 0.6) is 0 Å². The third kappa shape index (κ3) is 4.45. The number of aromatic nitrogens is 3. The molecule has 0 radical (unpaired) electrons. The van der Waals surface area contributed by atoms with Gasteiger partial charge in [0.05, 0.1) is 22.3 Å². The van der Waals surface area contributed by atoms with Gasteiger partial charge in [-0.05, 0) is 36.4 Å². The molecule has 0 fully saturated rings. The number of alkyl halides is 3. The summed E-state index contributed by atoms with van der Waals surface area (Å²) in [5, 5.41) is 9.35. The Morgan fingerprint density at radius 2 is 1.75 bits per heavy atom. The molecule has 0 aliphatic heterocycles. The van der Waals surface area contributed by atoms with Gasteiger partial charge in [-0.25, -0.2) is 23.1 Å². The number of benzene rings is 2. The van der Waals surface area contributed by atoms with Crippen molar-refractivity contribution in [2.24, 2.45) is 5.14 Å². The van der Waals surface area contributed by atoms with E-state index in [0.29, 0.717) is 20.7 Å². The maximum atomic E-state index is 13.7. The molecule has 0 unspecified atom stereocenters. The van der Waals surface area contributed by atoms with E-state index < -0.39 is 21.9 Å². The fraction of sp³-hybridized carbons (Fsp3) is 0.0476. The monoisotopic (exact) mass is 476 g/mol.